The molecule has 0 aliphatic heterocycles. The lowest BCUT2D eigenvalue weighted by Crippen LogP contribution is -2.13. The van der Waals surface area contributed by atoms with Gasteiger partial charge in [0.15, 0.2) is 4.33 Å². The largest absolute Gasteiger partial charge is 0.168 e. The van der Waals surface area contributed by atoms with Gasteiger partial charge in [0, 0.05) is 5.56 Å². The van der Waals surface area contributed by atoms with E-state index in [4.69, 9.17) is 23.2 Å². The molecule has 104 valence electrons. The van der Waals surface area contributed by atoms with Crippen LogP contribution in [0.5, 0.6) is 0 Å². The Morgan fingerprint density at radius 2 is 1.10 bits per heavy atom. The predicted octanol–water partition coefficient (Wildman–Crippen LogP) is 6.03. The Labute approximate surface area is 135 Å². The second-order valence-corrected chi connectivity index (χ2v) is 6.18. The first-order valence-electron chi connectivity index (χ1n) is 6.78. The van der Waals surface area contributed by atoms with E-state index >= 15 is 0 Å². The SMILES string of the molecule is ClC(Cl)(c1ccccc1)c1ccccc1-c1ccccc1. The third-order valence-electron chi connectivity index (χ3n) is 3.49. The smallest absolute Gasteiger partial charge is 0.0909 e. The fourth-order valence-electron chi connectivity index (χ4n) is 2.43. The van der Waals surface area contributed by atoms with Crippen molar-refractivity contribution in [2.45, 2.75) is 4.33 Å². The van der Waals surface area contributed by atoms with Crippen LogP contribution in [-0.4, -0.2) is 0 Å². The molecule has 0 amide bonds. The Morgan fingerprint density at radius 1 is 0.571 bits per heavy atom. The molecule has 0 saturated heterocycles. The summed E-state index contributed by atoms with van der Waals surface area (Å²) in [6.45, 7) is 0. The Morgan fingerprint density at radius 3 is 1.76 bits per heavy atom. The van der Waals surface area contributed by atoms with Gasteiger partial charge < -0.3 is 0 Å². The topological polar surface area (TPSA) is 0 Å². The van der Waals surface area contributed by atoms with Crippen LogP contribution < -0.4 is 0 Å². The van der Waals surface area contributed by atoms with Gasteiger partial charge in [-0.25, -0.2) is 0 Å². The average molecular weight is 313 g/mol. The summed E-state index contributed by atoms with van der Waals surface area (Å²) in [7, 11) is 0. The van der Waals surface area contributed by atoms with E-state index in [1.807, 2.05) is 72.8 Å². The molecular weight excluding hydrogens is 299 g/mol. The minimum Gasteiger partial charge on any atom is -0.0909 e. The van der Waals surface area contributed by atoms with Gasteiger partial charge in [0.05, 0.1) is 0 Å². The van der Waals surface area contributed by atoms with E-state index in [0.717, 1.165) is 22.3 Å². The van der Waals surface area contributed by atoms with Gasteiger partial charge in [-0.05, 0) is 16.7 Å². The lowest BCUT2D eigenvalue weighted by atomic mass is 9.94. The van der Waals surface area contributed by atoms with Crippen molar-refractivity contribution in [2.24, 2.45) is 0 Å². The van der Waals surface area contributed by atoms with Crippen LogP contribution in [0.1, 0.15) is 11.1 Å². The molecule has 0 N–H and O–H groups in total. The molecule has 0 aromatic heterocycles. The maximum atomic E-state index is 6.71. The molecule has 0 heterocycles. The van der Waals surface area contributed by atoms with E-state index in [1.165, 1.54) is 0 Å². The van der Waals surface area contributed by atoms with Crippen molar-refractivity contribution in [3.05, 3.63) is 96.1 Å². The summed E-state index contributed by atoms with van der Waals surface area (Å²) < 4.78 is -1.08. The maximum Gasteiger partial charge on any atom is 0.168 e. The van der Waals surface area contributed by atoms with Crippen molar-refractivity contribution < 1.29 is 0 Å². The van der Waals surface area contributed by atoms with Crippen molar-refractivity contribution >= 4 is 23.2 Å². The number of rotatable bonds is 3. The molecule has 3 aromatic rings. The molecule has 0 unspecified atom stereocenters. The van der Waals surface area contributed by atoms with Crippen LogP contribution in [-0.2, 0) is 4.33 Å². The summed E-state index contributed by atoms with van der Waals surface area (Å²) in [4.78, 5) is 0. The molecule has 0 aliphatic rings. The van der Waals surface area contributed by atoms with E-state index in [0.29, 0.717) is 0 Å². The molecule has 3 rings (SSSR count). The van der Waals surface area contributed by atoms with Crippen LogP contribution in [0.3, 0.4) is 0 Å². The fraction of sp³-hybridized carbons (Fsp3) is 0.0526. The van der Waals surface area contributed by atoms with Gasteiger partial charge in [0.25, 0.3) is 0 Å². The molecule has 0 saturated carbocycles. The molecule has 0 bridgehead atoms. The third-order valence-corrected chi connectivity index (χ3v) is 4.33. The number of benzene rings is 3. The molecule has 0 spiro atoms. The van der Waals surface area contributed by atoms with Crippen molar-refractivity contribution in [1.82, 2.24) is 0 Å². The first kappa shape index (κ1) is 14.2. The second-order valence-electron chi connectivity index (χ2n) is 4.85. The molecule has 0 atom stereocenters. The molecule has 0 aliphatic carbocycles. The zero-order valence-electron chi connectivity index (χ0n) is 11.3. The van der Waals surface area contributed by atoms with E-state index in [1.54, 1.807) is 0 Å². The Balaban J connectivity index is 2.16. The van der Waals surface area contributed by atoms with Gasteiger partial charge in [-0.15, -0.1) is 0 Å². The third kappa shape index (κ3) is 2.83. The predicted molar refractivity (Wildman–Crippen MR) is 90.8 cm³/mol. The molecule has 2 heteroatoms. The lowest BCUT2D eigenvalue weighted by Gasteiger charge is -2.24. The summed E-state index contributed by atoms with van der Waals surface area (Å²) >= 11 is 13.4. The van der Waals surface area contributed by atoms with Crippen LogP contribution in [0.25, 0.3) is 11.1 Å². The zero-order chi connectivity index (χ0) is 14.7. The normalized spacial score (nSPS) is 11.3. The number of alkyl halides is 2. The van der Waals surface area contributed by atoms with Gasteiger partial charge in [0.2, 0.25) is 0 Å². The number of hydrogen-bond donors (Lipinski definition) is 0. The summed E-state index contributed by atoms with van der Waals surface area (Å²) in [6.07, 6.45) is 0. The van der Waals surface area contributed by atoms with Crippen LogP contribution >= 0.6 is 23.2 Å². The summed E-state index contributed by atoms with van der Waals surface area (Å²) in [5.41, 5.74) is 3.92. The minimum atomic E-state index is -1.08. The highest BCUT2D eigenvalue weighted by atomic mass is 35.5. The highest BCUT2D eigenvalue weighted by Crippen LogP contribution is 2.44. The maximum absolute atomic E-state index is 6.71. The van der Waals surface area contributed by atoms with Crippen LogP contribution in [0.2, 0.25) is 0 Å². The minimum absolute atomic E-state index is 0.872. The van der Waals surface area contributed by atoms with E-state index in [9.17, 15) is 0 Å². The van der Waals surface area contributed by atoms with Crippen LogP contribution in [0.15, 0.2) is 84.9 Å². The average Bonchev–Trinajstić information content (AvgIpc) is 2.56. The fourth-order valence-corrected chi connectivity index (χ4v) is 3.01. The zero-order valence-corrected chi connectivity index (χ0v) is 12.9. The Hall–Kier alpha value is -1.76. The molecule has 3 aromatic carbocycles. The van der Waals surface area contributed by atoms with Gasteiger partial charge in [0.1, 0.15) is 0 Å². The molecule has 0 nitrogen and oxygen atoms in total. The first-order valence-corrected chi connectivity index (χ1v) is 7.53. The summed E-state index contributed by atoms with van der Waals surface area (Å²) in [6, 6.07) is 27.9. The lowest BCUT2D eigenvalue weighted by molar-refractivity contribution is 1.04. The Bertz CT molecular complexity index is 719. The highest BCUT2D eigenvalue weighted by Gasteiger charge is 2.31. The van der Waals surface area contributed by atoms with Crippen LogP contribution in [0.4, 0.5) is 0 Å². The van der Waals surface area contributed by atoms with E-state index < -0.39 is 4.33 Å². The Kier molecular flexibility index (Phi) is 4.01. The van der Waals surface area contributed by atoms with Gasteiger partial charge >= 0.3 is 0 Å². The van der Waals surface area contributed by atoms with E-state index in [2.05, 4.69) is 12.1 Å². The van der Waals surface area contributed by atoms with Crippen molar-refractivity contribution in [2.75, 3.05) is 0 Å². The van der Waals surface area contributed by atoms with E-state index in [-0.39, 0.29) is 0 Å². The van der Waals surface area contributed by atoms with Crippen molar-refractivity contribution in [3.63, 3.8) is 0 Å². The van der Waals surface area contributed by atoms with Gasteiger partial charge in [-0.2, -0.15) is 0 Å². The van der Waals surface area contributed by atoms with Crippen LogP contribution in [0, 0.1) is 0 Å². The van der Waals surface area contributed by atoms with Crippen molar-refractivity contribution in [3.8, 4) is 11.1 Å². The molecule has 0 fully saturated rings. The summed E-state index contributed by atoms with van der Waals surface area (Å²) in [5, 5.41) is 0. The monoisotopic (exact) mass is 312 g/mol. The molecule has 0 radical (unpaired) electrons. The quantitative estimate of drug-likeness (QED) is 0.518. The number of hydrogen-bond acceptors (Lipinski definition) is 0. The van der Waals surface area contributed by atoms with Crippen molar-refractivity contribution in [1.29, 1.82) is 0 Å². The first-order chi connectivity index (χ1) is 10.2. The standard InChI is InChI=1S/C19H14Cl2/c20-19(21,16-11-5-2-6-12-16)18-14-8-7-13-17(18)15-9-3-1-4-10-15/h1-14H. The van der Waals surface area contributed by atoms with Gasteiger partial charge in [-0.1, -0.05) is 108 Å². The summed E-state index contributed by atoms with van der Waals surface area (Å²) in [5.74, 6) is 0. The van der Waals surface area contributed by atoms with Gasteiger partial charge in [-0.3, -0.25) is 0 Å². The second kappa shape index (κ2) is 5.93. The highest BCUT2D eigenvalue weighted by molar-refractivity contribution is 6.50. The molecule has 21 heavy (non-hydrogen) atoms. The number of halogens is 2. The molecular formula is C19H14Cl2.